The highest BCUT2D eigenvalue weighted by molar-refractivity contribution is 9.10. The van der Waals surface area contributed by atoms with Crippen molar-refractivity contribution in [1.82, 2.24) is 5.32 Å². The van der Waals surface area contributed by atoms with Crippen LogP contribution in [0.15, 0.2) is 28.7 Å². The molecule has 1 fully saturated rings. The van der Waals surface area contributed by atoms with Gasteiger partial charge in [0.25, 0.3) is 5.91 Å². The largest absolute Gasteiger partial charge is 0.481 e. The number of amides is 1. The molecular formula is C14H16BrNO4S. The molecule has 1 aliphatic rings. The third-order valence-electron chi connectivity index (χ3n) is 3.27. The molecule has 1 amide bonds. The normalized spacial score (nSPS) is 22.6. The number of hydrogen-bond donors (Lipinski definition) is 2. The minimum atomic E-state index is -1.17. The van der Waals surface area contributed by atoms with Gasteiger partial charge in [0.15, 0.2) is 6.10 Å². The molecular weight excluding hydrogens is 358 g/mol. The first kappa shape index (κ1) is 16.2. The molecule has 2 N–H and O–H groups in total. The third kappa shape index (κ3) is 3.91. The molecule has 1 aliphatic heterocycles. The van der Waals surface area contributed by atoms with Gasteiger partial charge in [-0.05, 0) is 37.3 Å². The van der Waals surface area contributed by atoms with Crippen molar-refractivity contribution in [3.05, 3.63) is 28.7 Å². The van der Waals surface area contributed by atoms with E-state index in [0.717, 1.165) is 10.2 Å². The molecule has 114 valence electrons. The summed E-state index contributed by atoms with van der Waals surface area (Å²) in [4.78, 5) is 23.6. The van der Waals surface area contributed by atoms with Gasteiger partial charge in [0.05, 0.1) is 0 Å². The molecule has 1 aromatic rings. The molecule has 0 aliphatic carbocycles. The van der Waals surface area contributed by atoms with Crippen LogP contribution in [0.4, 0.5) is 0 Å². The average Bonchev–Trinajstić information content (AvgIpc) is 2.88. The van der Waals surface area contributed by atoms with Crippen LogP contribution < -0.4 is 10.1 Å². The summed E-state index contributed by atoms with van der Waals surface area (Å²) in [5.41, 5.74) is -1.17. The zero-order chi connectivity index (χ0) is 15.5. The van der Waals surface area contributed by atoms with Crippen LogP contribution in [0, 0.1) is 0 Å². The summed E-state index contributed by atoms with van der Waals surface area (Å²) in [6, 6.07) is 7.15. The maximum Gasteiger partial charge on any atom is 0.330 e. The number of aliphatic carboxylic acids is 1. The van der Waals surface area contributed by atoms with Crippen LogP contribution in [0.2, 0.25) is 0 Å². The Morgan fingerprint density at radius 3 is 2.86 bits per heavy atom. The van der Waals surface area contributed by atoms with Gasteiger partial charge in [0.1, 0.15) is 11.3 Å². The third-order valence-corrected chi connectivity index (χ3v) is 4.95. The molecule has 0 aromatic heterocycles. The average molecular weight is 374 g/mol. The molecule has 7 heteroatoms. The highest BCUT2D eigenvalue weighted by Gasteiger charge is 2.44. The van der Waals surface area contributed by atoms with Crippen LogP contribution in [0.5, 0.6) is 5.75 Å². The number of hydrogen-bond acceptors (Lipinski definition) is 4. The molecule has 2 atom stereocenters. The fourth-order valence-electron chi connectivity index (χ4n) is 2.02. The Labute approximate surface area is 135 Å². The van der Waals surface area contributed by atoms with Crippen molar-refractivity contribution in [3.8, 4) is 5.75 Å². The number of nitrogens with one attached hydrogen (secondary N) is 1. The maximum atomic E-state index is 12.2. The Hall–Kier alpha value is -1.21. The fourth-order valence-corrected chi connectivity index (χ4v) is 3.72. The molecule has 1 saturated heterocycles. The Morgan fingerprint density at radius 1 is 1.52 bits per heavy atom. The smallest absolute Gasteiger partial charge is 0.330 e. The Kier molecular flexibility index (Phi) is 5.16. The van der Waals surface area contributed by atoms with Gasteiger partial charge < -0.3 is 15.2 Å². The van der Waals surface area contributed by atoms with E-state index in [-0.39, 0.29) is 0 Å². The topological polar surface area (TPSA) is 75.6 Å². The van der Waals surface area contributed by atoms with Crippen molar-refractivity contribution in [2.75, 3.05) is 11.5 Å². The number of carboxylic acid groups (broad SMARTS) is 1. The van der Waals surface area contributed by atoms with Crippen LogP contribution in [0.1, 0.15) is 13.3 Å². The Morgan fingerprint density at radius 2 is 2.29 bits per heavy atom. The summed E-state index contributed by atoms with van der Waals surface area (Å²) in [6.07, 6.45) is -0.330. The molecule has 21 heavy (non-hydrogen) atoms. The second kappa shape index (κ2) is 6.70. The monoisotopic (exact) mass is 373 g/mol. The molecule has 0 bridgehead atoms. The minimum Gasteiger partial charge on any atom is -0.481 e. The van der Waals surface area contributed by atoms with Crippen molar-refractivity contribution in [3.63, 3.8) is 0 Å². The minimum absolute atomic E-state index is 0.387. The van der Waals surface area contributed by atoms with Crippen molar-refractivity contribution in [1.29, 1.82) is 0 Å². The predicted molar refractivity (Wildman–Crippen MR) is 84.7 cm³/mol. The van der Waals surface area contributed by atoms with Gasteiger partial charge in [-0.2, -0.15) is 11.8 Å². The van der Waals surface area contributed by atoms with Gasteiger partial charge >= 0.3 is 5.97 Å². The fraction of sp³-hybridized carbons (Fsp3) is 0.429. The van der Waals surface area contributed by atoms with Gasteiger partial charge in [-0.1, -0.05) is 22.0 Å². The summed E-state index contributed by atoms with van der Waals surface area (Å²) in [5.74, 6) is 0.262. The highest BCUT2D eigenvalue weighted by atomic mass is 79.9. The first-order valence-electron chi connectivity index (χ1n) is 6.48. The van der Waals surface area contributed by atoms with Crippen LogP contribution in [0.25, 0.3) is 0 Å². The highest BCUT2D eigenvalue weighted by Crippen LogP contribution is 2.28. The van der Waals surface area contributed by atoms with Gasteiger partial charge in [0.2, 0.25) is 0 Å². The predicted octanol–water partition coefficient (Wildman–Crippen LogP) is 2.29. The number of carboxylic acids is 1. The number of benzene rings is 1. The molecule has 0 spiro atoms. The summed E-state index contributed by atoms with van der Waals surface area (Å²) in [6.45, 7) is 1.61. The van der Waals surface area contributed by atoms with Gasteiger partial charge in [-0.3, -0.25) is 4.79 Å². The second-order valence-electron chi connectivity index (χ2n) is 4.90. The number of carbonyl (C=O) groups excluding carboxylic acids is 1. The molecule has 5 nitrogen and oxygen atoms in total. The Bertz CT molecular complexity index is 546. The van der Waals surface area contributed by atoms with Crippen LogP contribution in [-0.2, 0) is 9.59 Å². The molecule has 0 saturated carbocycles. The summed E-state index contributed by atoms with van der Waals surface area (Å²) >= 11 is 4.85. The number of carbonyl (C=O) groups is 2. The van der Waals surface area contributed by atoms with Crippen molar-refractivity contribution < 1.29 is 19.4 Å². The van der Waals surface area contributed by atoms with Crippen LogP contribution in [0.3, 0.4) is 0 Å². The van der Waals surface area contributed by atoms with E-state index in [1.165, 1.54) is 11.8 Å². The van der Waals surface area contributed by atoms with Crippen molar-refractivity contribution in [2.45, 2.75) is 25.0 Å². The lowest BCUT2D eigenvalue weighted by molar-refractivity contribution is -0.147. The van der Waals surface area contributed by atoms with E-state index in [0.29, 0.717) is 17.9 Å². The number of thioether (sulfide) groups is 1. The number of ether oxygens (including phenoxy) is 1. The van der Waals surface area contributed by atoms with Gasteiger partial charge in [-0.25, -0.2) is 4.79 Å². The summed E-state index contributed by atoms with van der Waals surface area (Å²) in [5, 5.41) is 12.0. The lowest BCUT2D eigenvalue weighted by Gasteiger charge is -2.26. The number of halogens is 1. The zero-order valence-electron chi connectivity index (χ0n) is 11.5. The molecule has 2 rings (SSSR count). The molecule has 0 radical (unpaired) electrons. The van der Waals surface area contributed by atoms with E-state index in [1.807, 2.05) is 6.07 Å². The lowest BCUT2D eigenvalue weighted by atomic mass is 9.99. The van der Waals surface area contributed by atoms with Gasteiger partial charge in [0, 0.05) is 10.2 Å². The van der Waals surface area contributed by atoms with Crippen molar-refractivity contribution in [2.24, 2.45) is 0 Å². The van der Waals surface area contributed by atoms with Crippen LogP contribution in [-0.4, -0.2) is 40.1 Å². The van der Waals surface area contributed by atoms with E-state index >= 15 is 0 Å². The van der Waals surface area contributed by atoms with E-state index in [1.54, 1.807) is 25.1 Å². The molecule has 1 heterocycles. The maximum absolute atomic E-state index is 12.2. The molecule has 2 unspecified atom stereocenters. The standard InChI is InChI=1S/C14H16BrNO4S/c1-9(20-11-4-2-3-10(15)7-11)12(17)16-14(13(18)19)5-6-21-8-14/h2-4,7,9H,5-6,8H2,1H3,(H,16,17)(H,18,19). The SMILES string of the molecule is CC(Oc1cccc(Br)c1)C(=O)NC1(C(=O)O)CCSC1. The first-order valence-corrected chi connectivity index (χ1v) is 8.43. The molecule has 1 aromatic carbocycles. The second-order valence-corrected chi connectivity index (χ2v) is 6.92. The lowest BCUT2D eigenvalue weighted by Crippen LogP contribution is -2.57. The zero-order valence-corrected chi connectivity index (χ0v) is 13.9. The van der Waals surface area contributed by atoms with E-state index < -0.39 is 23.5 Å². The number of rotatable bonds is 5. The van der Waals surface area contributed by atoms with Gasteiger partial charge in [-0.15, -0.1) is 0 Å². The van der Waals surface area contributed by atoms with E-state index in [2.05, 4.69) is 21.2 Å². The van der Waals surface area contributed by atoms with Crippen LogP contribution >= 0.6 is 27.7 Å². The Balaban J connectivity index is 2.01. The quantitative estimate of drug-likeness (QED) is 0.827. The summed E-state index contributed by atoms with van der Waals surface area (Å²) in [7, 11) is 0. The first-order chi connectivity index (χ1) is 9.93. The summed E-state index contributed by atoms with van der Waals surface area (Å²) < 4.78 is 6.40. The van der Waals surface area contributed by atoms with E-state index in [9.17, 15) is 14.7 Å². The van der Waals surface area contributed by atoms with E-state index in [4.69, 9.17) is 4.74 Å². The van der Waals surface area contributed by atoms with Crippen molar-refractivity contribution >= 4 is 39.6 Å².